The summed E-state index contributed by atoms with van der Waals surface area (Å²) >= 11 is 0. The predicted octanol–water partition coefficient (Wildman–Crippen LogP) is 5.94. The van der Waals surface area contributed by atoms with Crippen LogP contribution in [-0.4, -0.2) is 67.1 Å². The Morgan fingerprint density at radius 3 is 1.29 bits per heavy atom. The molecule has 0 aliphatic rings. The molecule has 0 amide bonds. The van der Waals surface area contributed by atoms with Crippen LogP contribution in [0.25, 0.3) is 0 Å². The van der Waals surface area contributed by atoms with Crippen molar-refractivity contribution in [3.05, 3.63) is 143 Å². The van der Waals surface area contributed by atoms with Gasteiger partial charge in [-0.15, -0.1) is 0 Å². The number of aromatic hydroxyl groups is 12. The minimum atomic E-state index is -0.970. The van der Waals surface area contributed by atoms with Crippen LogP contribution in [0.3, 0.4) is 0 Å². The normalized spacial score (nSPS) is 10.3. The van der Waals surface area contributed by atoms with E-state index in [0.717, 1.165) is 17.2 Å². The van der Waals surface area contributed by atoms with Gasteiger partial charge in [0.1, 0.15) is 11.5 Å². The Bertz CT molecular complexity index is 2160. The van der Waals surface area contributed by atoms with Crippen LogP contribution in [0.2, 0.25) is 0 Å². The highest BCUT2D eigenvalue weighted by Crippen LogP contribution is 2.44. The summed E-state index contributed by atoms with van der Waals surface area (Å²) in [5.41, 5.74) is 2.77. The summed E-state index contributed by atoms with van der Waals surface area (Å²) in [6, 6.07) is 28.0. The van der Waals surface area contributed by atoms with Crippen LogP contribution in [0.5, 0.6) is 69.0 Å². The van der Waals surface area contributed by atoms with Crippen molar-refractivity contribution >= 4 is 5.78 Å². The zero-order chi connectivity index (χ0) is 38.1. The summed E-state index contributed by atoms with van der Waals surface area (Å²) in [5.74, 6) is -6.18. The topological polar surface area (TPSA) is 260 Å². The number of rotatable bonds is 6. The van der Waals surface area contributed by atoms with Crippen LogP contribution >= 0.6 is 0 Å². The Morgan fingerprint density at radius 1 is 0.385 bits per heavy atom. The maximum atomic E-state index is 12.0. The van der Waals surface area contributed by atoms with Crippen LogP contribution in [0, 0.1) is 0 Å². The quantitative estimate of drug-likeness (QED) is 0.0543. The first kappa shape index (κ1) is 37.4. The van der Waals surface area contributed by atoms with E-state index in [1.165, 1.54) is 42.5 Å². The van der Waals surface area contributed by atoms with Crippen molar-refractivity contribution in [3.8, 4) is 69.0 Å². The van der Waals surface area contributed by atoms with Crippen molar-refractivity contribution in [2.24, 2.45) is 0 Å². The van der Waals surface area contributed by atoms with Gasteiger partial charge in [-0.05, 0) is 65.7 Å². The molecule has 0 saturated heterocycles. The third-order valence-electron chi connectivity index (χ3n) is 7.60. The Hall–Kier alpha value is -7.41. The summed E-state index contributed by atoms with van der Waals surface area (Å²) < 4.78 is 0. The van der Waals surface area contributed by atoms with E-state index in [0.29, 0.717) is 24.0 Å². The maximum absolute atomic E-state index is 12.0. The molecule has 0 radical (unpaired) electrons. The van der Waals surface area contributed by atoms with E-state index in [2.05, 4.69) is 0 Å². The molecule has 0 atom stereocenters. The van der Waals surface area contributed by atoms with Gasteiger partial charge in [-0.25, -0.2) is 0 Å². The summed E-state index contributed by atoms with van der Waals surface area (Å²) in [4.78, 5) is 12.0. The maximum Gasteiger partial charge on any atom is 0.205 e. The zero-order valence-electron chi connectivity index (χ0n) is 27.1. The fraction of sp³-hybridized carbons (Fsp3) is 0.0513. The summed E-state index contributed by atoms with van der Waals surface area (Å²) in [5, 5.41) is 112. The Morgan fingerprint density at radius 2 is 0.808 bits per heavy atom. The fourth-order valence-corrected chi connectivity index (χ4v) is 4.73. The van der Waals surface area contributed by atoms with Crippen LogP contribution in [0.1, 0.15) is 38.2 Å². The molecule has 0 aliphatic heterocycles. The first-order valence-corrected chi connectivity index (χ1v) is 15.3. The molecule has 13 heteroatoms. The summed E-state index contributed by atoms with van der Waals surface area (Å²) in [6.45, 7) is 0. The minimum absolute atomic E-state index is 0.0304. The first-order chi connectivity index (χ1) is 24.7. The number of phenols is 12. The lowest BCUT2D eigenvalue weighted by Gasteiger charge is -2.08. The molecule has 0 spiro atoms. The molecule has 0 aromatic heterocycles. The molecule has 13 nitrogen and oxygen atoms in total. The Kier molecular flexibility index (Phi) is 11.7. The van der Waals surface area contributed by atoms with Crippen LogP contribution in [0.15, 0.2) is 109 Å². The summed E-state index contributed by atoms with van der Waals surface area (Å²) in [7, 11) is 0. The highest BCUT2D eigenvalue weighted by atomic mass is 16.3. The highest BCUT2D eigenvalue weighted by molar-refractivity contribution is 6.11. The molecular formula is C39H34O13. The van der Waals surface area contributed by atoms with E-state index in [-0.39, 0.29) is 45.6 Å². The second-order valence-electron chi connectivity index (χ2n) is 11.3. The lowest BCUT2D eigenvalue weighted by atomic mass is 10.0. The molecule has 0 fully saturated rings. The van der Waals surface area contributed by atoms with Gasteiger partial charge < -0.3 is 61.3 Å². The average molecular weight is 711 g/mol. The Balaban J connectivity index is 0.000000175. The molecular weight excluding hydrogens is 676 g/mol. The third kappa shape index (κ3) is 8.98. The van der Waals surface area contributed by atoms with Crippen molar-refractivity contribution in [1.82, 2.24) is 0 Å². The number of ketones is 1. The van der Waals surface area contributed by atoms with E-state index in [4.69, 9.17) is 10.2 Å². The lowest BCUT2D eigenvalue weighted by Crippen LogP contribution is -2.01. The number of phenolic OH excluding ortho intramolecular Hbond substituents is 12. The number of benzene rings is 6. The van der Waals surface area contributed by atoms with Crippen LogP contribution < -0.4 is 0 Å². The number of hydrogen-bond acceptors (Lipinski definition) is 13. The first-order valence-electron chi connectivity index (χ1n) is 15.3. The molecule has 12 N–H and O–H groups in total. The molecule has 0 bridgehead atoms. The van der Waals surface area contributed by atoms with Gasteiger partial charge in [0, 0.05) is 29.5 Å². The van der Waals surface area contributed by atoms with E-state index in [1.54, 1.807) is 30.3 Å². The second kappa shape index (κ2) is 16.3. The molecule has 268 valence electrons. The molecule has 52 heavy (non-hydrogen) atoms. The molecule has 6 rings (SSSR count). The van der Waals surface area contributed by atoms with Gasteiger partial charge in [0.05, 0.1) is 5.56 Å². The predicted molar refractivity (Wildman–Crippen MR) is 188 cm³/mol. The molecule has 0 aliphatic carbocycles. The van der Waals surface area contributed by atoms with Crippen molar-refractivity contribution in [2.75, 3.05) is 0 Å². The van der Waals surface area contributed by atoms with Gasteiger partial charge in [0.25, 0.3) is 0 Å². The van der Waals surface area contributed by atoms with Gasteiger partial charge in [0.15, 0.2) is 40.3 Å². The van der Waals surface area contributed by atoms with Gasteiger partial charge in [-0.3, -0.25) is 4.79 Å². The monoisotopic (exact) mass is 710 g/mol. The largest absolute Gasteiger partial charge is 0.508 e. The van der Waals surface area contributed by atoms with Crippen molar-refractivity contribution in [1.29, 1.82) is 0 Å². The molecule has 0 unspecified atom stereocenters. The van der Waals surface area contributed by atoms with E-state index < -0.39 is 40.3 Å². The molecule has 0 heterocycles. The average Bonchev–Trinajstić information content (AvgIpc) is 3.14. The number of carbonyl (C=O) groups is 1. The van der Waals surface area contributed by atoms with Gasteiger partial charge in [0.2, 0.25) is 23.0 Å². The molecule has 0 saturated carbocycles. The third-order valence-corrected chi connectivity index (χ3v) is 7.60. The van der Waals surface area contributed by atoms with Crippen LogP contribution in [0.4, 0.5) is 0 Å². The summed E-state index contributed by atoms with van der Waals surface area (Å²) in [6.07, 6.45) is 0.917. The zero-order valence-corrected chi connectivity index (χ0v) is 27.1. The Labute approximate surface area is 296 Å². The lowest BCUT2D eigenvalue weighted by molar-refractivity contribution is 0.103. The smallest absolute Gasteiger partial charge is 0.205 e. The van der Waals surface area contributed by atoms with E-state index >= 15 is 0 Å². The fourth-order valence-electron chi connectivity index (χ4n) is 4.73. The van der Waals surface area contributed by atoms with Crippen LogP contribution in [-0.2, 0) is 12.8 Å². The van der Waals surface area contributed by atoms with Crippen molar-refractivity contribution in [3.63, 3.8) is 0 Å². The molecule has 6 aromatic carbocycles. The standard InChI is InChI=1S/C13H10O6.C13H12O4.C13H12O3/c14-7-3-1-6(2-4-7)10(16)8-5-9(15)12(18)13(19)11(8)17;14-10-4-1-8(2-5-10)7-9-3-6-11(15)13(17)12(9)16;14-11-7-6-10(12(15)13(11)16)8-9-4-2-1-3-5-9/h1-5,14-15,17-19H;1-6,14-17H,7H2;1-7,14-16H,8H2. The molecule has 6 aromatic rings. The minimum Gasteiger partial charge on any atom is -0.508 e. The van der Waals surface area contributed by atoms with Crippen molar-refractivity contribution < 1.29 is 66.1 Å². The number of hydrogen-bond donors (Lipinski definition) is 12. The number of carbonyl (C=O) groups excluding carboxylic acids is 1. The second-order valence-corrected chi connectivity index (χ2v) is 11.3. The van der Waals surface area contributed by atoms with Gasteiger partial charge in [-0.2, -0.15) is 0 Å². The SMILES string of the molecule is O=C(c1ccc(O)cc1)c1cc(O)c(O)c(O)c1O.Oc1ccc(Cc2ccc(O)c(O)c2O)cc1.Oc1ccc(Cc2ccccc2)c(O)c1O. The van der Waals surface area contributed by atoms with E-state index in [1.807, 2.05) is 30.3 Å². The van der Waals surface area contributed by atoms with Crippen molar-refractivity contribution in [2.45, 2.75) is 12.8 Å². The highest BCUT2D eigenvalue weighted by Gasteiger charge is 2.22. The van der Waals surface area contributed by atoms with Gasteiger partial charge >= 0.3 is 0 Å². The van der Waals surface area contributed by atoms with Gasteiger partial charge in [-0.1, -0.05) is 54.6 Å². The van der Waals surface area contributed by atoms with E-state index in [9.17, 15) is 55.9 Å².